The van der Waals surface area contributed by atoms with E-state index in [2.05, 4.69) is 10.6 Å². The third kappa shape index (κ3) is 3.98. The number of rotatable bonds is 4. The molecule has 1 aliphatic heterocycles. The topological polar surface area (TPSA) is 41.1 Å². The lowest BCUT2D eigenvalue weighted by Gasteiger charge is -2.10. The van der Waals surface area contributed by atoms with E-state index in [-0.39, 0.29) is 18.3 Å². The molecule has 0 saturated carbocycles. The Morgan fingerprint density at radius 2 is 2.47 bits per heavy atom. The number of carbonyl (C=O) groups excluding carboxylic acids is 1. The summed E-state index contributed by atoms with van der Waals surface area (Å²) in [7, 11) is 0. The minimum Gasteiger partial charge on any atom is -0.351 e. The van der Waals surface area contributed by atoms with Gasteiger partial charge in [0.05, 0.1) is 4.88 Å². The molecule has 0 unspecified atom stereocenters. The number of hydrogen-bond donors (Lipinski definition) is 2. The fourth-order valence-corrected chi connectivity index (χ4v) is 2.89. The van der Waals surface area contributed by atoms with E-state index in [1.807, 2.05) is 18.4 Å². The molecule has 2 rings (SSSR count). The van der Waals surface area contributed by atoms with Crippen LogP contribution in [0, 0.1) is 6.92 Å². The quantitative estimate of drug-likeness (QED) is 0.885. The Morgan fingerprint density at radius 3 is 3.06 bits per heavy atom. The SMILES string of the molecule is Cc1ccsc1C(=O)NCC[C@H]1CCCN1.Cl. The van der Waals surface area contributed by atoms with Crippen molar-refractivity contribution in [3.8, 4) is 0 Å². The summed E-state index contributed by atoms with van der Waals surface area (Å²) in [6, 6.07) is 2.59. The Labute approximate surface area is 112 Å². The van der Waals surface area contributed by atoms with Crippen LogP contribution in [0.2, 0.25) is 0 Å². The van der Waals surface area contributed by atoms with Crippen LogP contribution in [-0.2, 0) is 0 Å². The van der Waals surface area contributed by atoms with Crippen LogP contribution in [0.25, 0.3) is 0 Å². The third-order valence-electron chi connectivity index (χ3n) is 3.01. The summed E-state index contributed by atoms with van der Waals surface area (Å²) < 4.78 is 0. The lowest BCUT2D eigenvalue weighted by atomic mass is 10.1. The molecule has 1 amide bonds. The lowest BCUT2D eigenvalue weighted by Crippen LogP contribution is -2.30. The molecule has 17 heavy (non-hydrogen) atoms. The van der Waals surface area contributed by atoms with E-state index in [0.717, 1.165) is 30.0 Å². The van der Waals surface area contributed by atoms with Crippen LogP contribution < -0.4 is 10.6 Å². The van der Waals surface area contributed by atoms with Crippen molar-refractivity contribution in [3.63, 3.8) is 0 Å². The molecule has 3 nitrogen and oxygen atoms in total. The Balaban J connectivity index is 0.00000144. The normalized spacial score (nSPS) is 18.8. The van der Waals surface area contributed by atoms with E-state index in [4.69, 9.17) is 0 Å². The van der Waals surface area contributed by atoms with Gasteiger partial charge in [-0.1, -0.05) is 0 Å². The Kier molecular flexibility index (Phi) is 5.95. The molecule has 1 fully saturated rings. The predicted octanol–water partition coefficient (Wildman–Crippen LogP) is 2.35. The van der Waals surface area contributed by atoms with Crippen LogP contribution in [0.5, 0.6) is 0 Å². The first-order chi connectivity index (χ1) is 7.77. The van der Waals surface area contributed by atoms with E-state index in [1.54, 1.807) is 0 Å². The van der Waals surface area contributed by atoms with Crippen molar-refractivity contribution >= 4 is 29.7 Å². The van der Waals surface area contributed by atoms with E-state index < -0.39 is 0 Å². The minimum absolute atomic E-state index is 0. The van der Waals surface area contributed by atoms with Gasteiger partial charge in [0.2, 0.25) is 0 Å². The molecule has 0 radical (unpaired) electrons. The average Bonchev–Trinajstić information content (AvgIpc) is 2.88. The van der Waals surface area contributed by atoms with Crippen molar-refractivity contribution in [2.45, 2.75) is 32.2 Å². The summed E-state index contributed by atoms with van der Waals surface area (Å²) in [6.07, 6.45) is 3.55. The van der Waals surface area contributed by atoms with Crippen molar-refractivity contribution in [2.24, 2.45) is 0 Å². The molecule has 2 heterocycles. The molecule has 5 heteroatoms. The van der Waals surface area contributed by atoms with E-state index in [1.165, 1.54) is 24.2 Å². The molecule has 1 aromatic heterocycles. The maximum atomic E-state index is 11.8. The van der Waals surface area contributed by atoms with Crippen LogP contribution >= 0.6 is 23.7 Å². The summed E-state index contributed by atoms with van der Waals surface area (Å²) in [4.78, 5) is 12.6. The van der Waals surface area contributed by atoms with E-state index >= 15 is 0 Å². The molecule has 96 valence electrons. The van der Waals surface area contributed by atoms with E-state index in [0.29, 0.717) is 6.04 Å². The molecule has 2 N–H and O–H groups in total. The first-order valence-corrected chi connectivity index (χ1v) is 6.71. The summed E-state index contributed by atoms with van der Waals surface area (Å²) in [5, 5.41) is 8.37. The van der Waals surface area contributed by atoms with Gasteiger partial charge in [-0.2, -0.15) is 0 Å². The van der Waals surface area contributed by atoms with Gasteiger partial charge in [-0.25, -0.2) is 0 Å². The second-order valence-corrected chi connectivity index (χ2v) is 5.19. The molecule has 0 bridgehead atoms. The zero-order valence-corrected chi connectivity index (χ0v) is 11.6. The van der Waals surface area contributed by atoms with Crippen LogP contribution in [0.1, 0.15) is 34.5 Å². The van der Waals surface area contributed by atoms with Crippen molar-refractivity contribution in [1.29, 1.82) is 0 Å². The Morgan fingerprint density at radius 1 is 1.65 bits per heavy atom. The zero-order valence-electron chi connectivity index (χ0n) is 9.99. The first-order valence-electron chi connectivity index (χ1n) is 5.83. The van der Waals surface area contributed by atoms with Crippen molar-refractivity contribution in [2.75, 3.05) is 13.1 Å². The molecule has 0 aromatic carbocycles. The first kappa shape index (κ1) is 14.5. The van der Waals surface area contributed by atoms with Gasteiger partial charge >= 0.3 is 0 Å². The van der Waals surface area contributed by atoms with Crippen molar-refractivity contribution in [1.82, 2.24) is 10.6 Å². The number of hydrogen-bond acceptors (Lipinski definition) is 3. The van der Waals surface area contributed by atoms with Crippen LogP contribution in [0.15, 0.2) is 11.4 Å². The average molecular weight is 275 g/mol. The zero-order chi connectivity index (χ0) is 11.4. The molecule has 1 saturated heterocycles. The van der Waals surface area contributed by atoms with Gasteiger partial charge in [-0.3, -0.25) is 4.79 Å². The van der Waals surface area contributed by atoms with Gasteiger partial charge in [0.15, 0.2) is 0 Å². The highest BCUT2D eigenvalue weighted by Gasteiger charge is 2.14. The molecule has 1 aromatic rings. The fraction of sp³-hybridized carbons (Fsp3) is 0.583. The monoisotopic (exact) mass is 274 g/mol. The number of halogens is 1. The summed E-state index contributed by atoms with van der Waals surface area (Å²) in [5.74, 6) is 0.0745. The Hall–Kier alpha value is -0.580. The van der Waals surface area contributed by atoms with Gasteiger partial charge in [0.25, 0.3) is 5.91 Å². The molecule has 1 aliphatic rings. The maximum Gasteiger partial charge on any atom is 0.261 e. The van der Waals surface area contributed by atoms with Crippen LogP contribution in [-0.4, -0.2) is 25.0 Å². The van der Waals surface area contributed by atoms with Gasteiger partial charge < -0.3 is 10.6 Å². The molecule has 0 spiro atoms. The predicted molar refractivity (Wildman–Crippen MR) is 74.3 cm³/mol. The highest BCUT2D eigenvalue weighted by atomic mass is 35.5. The van der Waals surface area contributed by atoms with Crippen LogP contribution in [0.4, 0.5) is 0 Å². The maximum absolute atomic E-state index is 11.8. The van der Waals surface area contributed by atoms with Gasteiger partial charge in [0, 0.05) is 12.6 Å². The Bertz CT molecular complexity index is 361. The number of thiophene rings is 1. The minimum atomic E-state index is 0. The van der Waals surface area contributed by atoms with Gasteiger partial charge in [-0.05, 0) is 49.7 Å². The number of carbonyl (C=O) groups is 1. The number of aryl methyl sites for hydroxylation is 1. The second-order valence-electron chi connectivity index (χ2n) is 4.27. The summed E-state index contributed by atoms with van der Waals surface area (Å²) in [6.45, 7) is 3.88. The third-order valence-corrected chi connectivity index (χ3v) is 4.02. The number of amides is 1. The van der Waals surface area contributed by atoms with Gasteiger partial charge in [0.1, 0.15) is 0 Å². The smallest absolute Gasteiger partial charge is 0.261 e. The summed E-state index contributed by atoms with van der Waals surface area (Å²) in [5.41, 5.74) is 1.07. The largest absolute Gasteiger partial charge is 0.351 e. The highest BCUT2D eigenvalue weighted by molar-refractivity contribution is 7.12. The second kappa shape index (κ2) is 6.99. The molecule has 0 aliphatic carbocycles. The molecular formula is C12H19ClN2OS. The molecule has 1 atom stereocenters. The van der Waals surface area contributed by atoms with Gasteiger partial charge in [-0.15, -0.1) is 23.7 Å². The van der Waals surface area contributed by atoms with Crippen LogP contribution in [0.3, 0.4) is 0 Å². The van der Waals surface area contributed by atoms with Crippen molar-refractivity contribution in [3.05, 3.63) is 21.9 Å². The van der Waals surface area contributed by atoms with E-state index in [9.17, 15) is 4.79 Å². The standard InChI is InChI=1S/C12H18N2OS.ClH/c1-9-5-8-16-11(9)12(15)14-7-4-10-3-2-6-13-10;/h5,8,10,13H,2-4,6-7H2,1H3,(H,14,15);1H/t10-;/m1./s1. The molecular weight excluding hydrogens is 256 g/mol. The highest BCUT2D eigenvalue weighted by Crippen LogP contribution is 2.15. The summed E-state index contributed by atoms with van der Waals surface area (Å²) >= 11 is 1.51. The fourth-order valence-electron chi connectivity index (χ4n) is 2.05. The van der Waals surface area contributed by atoms with Crippen molar-refractivity contribution < 1.29 is 4.79 Å². The number of nitrogens with one attached hydrogen (secondary N) is 2. The lowest BCUT2D eigenvalue weighted by molar-refractivity contribution is 0.0956.